The fourth-order valence-electron chi connectivity index (χ4n) is 1.75. The molecule has 1 aromatic carbocycles. The van der Waals surface area contributed by atoms with Gasteiger partial charge in [0.1, 0.15) is 18.8 Å². The van der Waals surface area contributed by atoms with Crippen LogP contribution in [0.25, 0.3) is 0 Å². The predicted molar refractivity (Wildman–Crippen MR) is 78.4 cm³/mol. The Kier molecular flexibility index (Phi) is 6.01. The summed E-state index contributed by atoms with van der Waals surface area (Å²) in [5, 5.41) is 22.1. The number of nitrogens with zero attached hydrogens (tertiary/aromatic N) is 2. The van der Waals surface area contributed by atoms with Gasteiger partial charge in [-0.25, -0.2) is 0 Å². The summed E-state index contributed by atoms with van der Waals surface area (Å²) in [6.45, 7) is -0.807. The van der Waals surface area contributed by atoms with Gasteiger partial charge in [-0.2, -0.15) is 0 Å². The molecule has 2 N–H and O–H groups in total. The Bertz CT molecular complexity index is 644. The van der Waals surface area contributed by atoms with Gasteiger partial charge in [0.25, 0.3) is 11.6 Å². The number of nitro benzene ring substituents is 1. The molecule has 0 aliphatic heterocycles. The molecule has 0 unspecified atom stereocenters. The number of rotatable bonds is 7. The number of carboxylic acid groups (broad SMARTS) is 1. The average Bonchev–Trinajstić information content (AvgIpc) is 2.50. The number of hydrogen-bond acceptors (Lipinski definition) is 7. The fourth-order valence-corrected chi connectivity index (χ4v) is 1.75. The van der Waals surface area contributed by atoms with Crippen molar-refractivity contribution < 1.29 is 29.2 Å². The van der Waals surface area contributed by atoms with Gasteiger partial charge in [0, 0.05) is 18.7 Å². The number of hydrogen-bond donors (Lipinski definition) is 2. The number of likely N-dealkylation sites (N-methyl/N-ethyl adjacent to an activating group) is 1. The molecule has 0 aliphatic carbocycles. The Balaban J connectivity index is 3.03. The molecule has 0 heterocycles. The van der Waals surface area contributed by atoms with Crippen molar-refractivity contribution in [2.24, 2.45) is 0 Å². The van der Waals surface area contributed by atoms with Crippen LogP contribution in [0.1, 0.15) is 10.4 Å². The number of carbonyl (C=O) groups excluding carboxylic acids is 2. The third kappa shape index (κ3) is 4.95. The Morgan fingerprint density at radius 2 is 2.04 bits per heavy atom. The lowest BCUT2D eigenvalue weighted by Crippen LogP contribution is -2.30. The standard InChI is InChI=1S/C13H15N3O7/c1-15(7-11(17)18)9-4-3-8(5-10(9)16(21)22)13(20)14-6-12(19)23-2/h3-5H,6-7H2,1-2H3,(H,14,20)(H,17,18). The molecule has 124 valence electrons. The van der Waals surface area contributed by atoms with Crippen LogP contribution in [0.4, 0.5) is 11.4 Å². The Hall–Kier alpha value is -3.17. The van der Waals surface area contributed by atoms with Crippen molar-refractivity contribution >= 4 is 29.2 Å². The van der Waals surface area contributed by atoms with E-state index in [1.807, 2.05) is 0 Å². The Morgan fingerprint density at radius 1 is 1.39 bits per heavy atom. The number of methoxy groups -OCH3 is 1. The highest BCUT2D eigenvalue weighted by Crippen LogP contribution is 2.28. The highest BCUT2D eigenvalue weighted by Gasteiger charge is 2.21. The number of amides is 1. The summed E-state index contributed by atoms with van der Waals surface area (Å²) in [5.41, 5.74) is -0.394. The molecule has 1 rings (SSSR count). The minimum atomic E-state index is -1.15. The van der Waals surface area contributed by atoms with E-state index < -0.39 is 35.0 Å². The minimum Gasteiger partial charge on any atom is -0.480 e. The first kappa shape index (κ1) is 17.9. The Labute approximate surface area is 130 Å². The first-order chi connectivity index (χ1) is 10.8. The van der Waals surface area contributed by atoms with Crippen LogP contribution in [0.5, 0.6) is 0 Å². The van der Waals surface area contributed by atoms with Gasteiger partial charge < -0.3 is 20.1 Å². The molecule has 0 fully saturated rings. The molecule has 10 heteroatoms. The topological polar surface area (TPSA) is 139 Å². The highest BCUT2D eigenvalue weighted by molar-refractivity contribution is 5.97. The van der Waals surface area contributed by atoms with Crippen molar-refractivity contribution in [2.45, 2.75) is 0 Å². The van der Waals surface area contributed by atoms with Crippen LogP contribution >= 0.6 is 0 Å². The van der Waals surface area contributed by atoms with E-state index in [4.69, 9.17) is 5.11 Å². The van der Waals surface area contributed by atoms with Crippen molar-refractivity contribution in [2.75, 3.05) is 32.1 Å². The maximum atomic E-state index is 11.8. The van der Waals surface area contributed by atoms with Gasteiger partial charge in [0.15, 0.2) is 0 Å². The number of ether oxygens (including phenoxy) is 1. The van der Waals surface area contributed by atoms with Crippen LogP contribution in [0.3, 0.4) is 0 Å². The second-order valence-electron chi connectivity index (χ2n) is 4.47. The van der Waals surface area contributed by atoms with Crippen molar-refractivity contribution in [3.05, 3.63) is 33.9 Å². The van der Waals surface area contributed by atoms with E-state index in [-0.39, 0.29) is 17.8 Å². The first-order valence-corrected chi connectivity index (χ1v) is 6.32. The molecule has 0 radical (unpaired) electrons. The van der Waals surface area contributed by atoms with Gasteiger partial charge in [-0.1, -0.05) is 0 Å². The van der Waals surface area contributed by atoms with Crippen molar-refractivity contribution in [3.63, 3.8) is 0 Å². The molecular weight excluding hydrogens is 310 g/mol. The lowest BCUT2D eigenvalue weighted by atomic mass is 10.1. The van der Waals surface area contributed by atoms with Crippen molar-refractivity contribution in [1.29, 1.82) is 0 Å². The monoisotopic (exact) mass is 325 g/mol. The molecule has 0 aromatic heterocycles. The molecule has 0 atom stereocenters. The first-order valence-electron chi connectivity index (χ1n) is 6.32. The molecule has 0 spiro atoms. The van der Waals surface area contributed by atoms with Crippen LogP contribution in [-0.4, -0.2) is 55.1 Å². The van der Waals surface area contributed by atoms with Crippen molar-refractivity contribution in [3.8, 4) is 0 Å². The molecule has 1 amide bonds. The van der Waals surface area contributed by atoms with Gasteiger partial charge in [-0.3, -0.25) is 24.5 Å². The molecule has 0 bridgehead atoms. The average molecular weight is 325 g/mol. The fraction of sp³-hybridized carbons (Fsp3) is 0.308. The maximum absolute atomic E-state index is 11.8. The van der Waals surface area contributed by atoms with E-state index in [0.717, 1.165) is 13.2 Å². The number of aliphatic carboxylic acids is 1. The number of benzene rings is 1. The minimum absolute atomic E-state index is 0.0342. The lowest BCUT2D eigenvalue weighted by Gasteiger charge is -2.17. The summed E-state index contributed by atoms with van der Waals surface area (Å²) in [6, 6.07) is 3.59. The largest absolute Gasteiger partial charge is 0.480 e. The van der Waals surface area contributed by atoms with E-state index in [1.54, 1.807) is 0 Å². The highest BCUT2D eigenvalue weighted by atomic mass is 16.6. The van der Waals surface area contributed by atoms with Crippen LogP contribution in [0, 0.1) is 10.1 Å². The molecule has 0 saturated heterocycles. The number of carboxylic acids is 1. The van der Waals surface area contributed by atoms with E-state index in [9.17, 15) is 24.5 Å². The summed E-state index contributed by atoms with van der Waals surface area (Å²) in [4.78, 5) is 45.1. The molecule has 1 aromatic rings. The zero-order chi connectivity index (χ0) is 17.6. The number of esters is 1. The molecule has 0 aliphatic rings. The SMILES string of the molecule is COC(=O)CNC(=O)c1ccc(N(C)CC(=O)O)c([N+](=O)[O-])c1. The molecular formula is C13H15N3O7. The van der Waals surface area contributed by atoms with Gasteiger partial charge in [-0.15, -0.1) is 0 Å². The third-order valence-electron chi connectivity index (χ3n) is 2.84. The van der Waals surface area contributed by atoms with Gasteiger partial charge in [0.05, 0.1) is 12.0 Å². The van der Waals surface area contributed by atoms with Gasteiger partial charge in [-0.05, 0) is 12.1 Å². The normalized spacial score (nSPS) is 9.83. The second-order valence-corrected chi connectivity index (χ2v) is 4.47. The number of nitro groups is 1. The predicted octanol–water partition coefficient (Wildman–Crippen LogP) is 0.0184. The number of nitrogens with one attached hydrogen (secondary N) is 1. The van der Waals surface area contributed by atoms with Crippen molar-refractivity contribution in [1.82, 2.24) is 5.32 Å². The van der Waals surface area contributed by atoms with Gasteiger partial charge in [0.2, 0.25) is 0 Å². The number of carbonyl (C=O) groups is 3. The zero-order valence-corrected chi connectivity index (χ0v) is 12.4. The van der Waals surface area contributed by atoms with E-state index in [2.05, 4.69) is 10.1 Å². The van der Waals surface area contributed by atoms with Crippen LogP contribution < -0.4 is 10.2 Å². The smallest absolute Gasteiger partial charge is 0.325 e. The Morgan fingerprint density at radius 3 is 2.57 bits per heavy atom. The maximum Gasteiger partial charge on any atom is 0.325 e. The quantitative estimate of drug-likeness (QED) is 0.406. The molecule has 0 saturated carbocycles. The van der Waals surface area contributed by atoms with E-state index in [0.29, 0.717) is 0 Å². The second kappa shape index (κ2) is 7.73. The summed E-state index contributed by atoms with van der Waals surface area (Å²) in [5.74, 6) is -2.50. The van der Waals surface area contributed by atoms with Crippen LogP contribution in [-0.2, 0) is 14.3 Å². The lowest BCUT2D eigenvalue weighted by molar-refractivity contribution is -0.384. The summed E-state index contributed by atoms with van der Waals surface area (Å²) in [7, 11) is 2.54. The van der Waals surface area contributed by atoms with Crippen LogP contribution in [0.2, 0.25) is 0 Å². The summed E-state index contributed by atoms with van der Waals surface area (Å²) >= 11 is 0. The molecule has 10 nitrogen and oxygen atoms in total. The zero-order valence-electron chi connectivity index (χ0n) is 12.4. The summed E-state index contributed by atoms with van der Waals surface area (Å²) < 4.78 is 4.36. The van der Waals surface area contributed by atoms with Crippen LogP contribution in [0.15, 0.2) is 18.2 Å². The van der Waals surface area contributed by atoms with E-state index >= 15 is 0 Å². The number of anilines is 1. The van der Waals surface area contributed by atoms with Gasteiger partial charge >= 0.3 is 11.9 Å². The van der Waals surface area contributed by atoms with E-state index in [1.165, 1.54) is 24.1 Å². The third-order valence-corrected chi connectivity index (χ3v) is 2.84. The molecule has 23 heavy (non-hydrogen) atoms. The summed E-state index contributed by atoms with van der Waals surface area (Å²) in [6.07, 6.45) is 0.